The summed E-state index contributed by atoms with van der Waals surface area (Å²) in [5.41, 5.74) is 7.10. The first-order chi connectivity index (χ1) is 29.2. The molecule has 0 spiro atoms. The van der Waals surface area contributed by atoms with Gasteiger partial charge in [-0.15, -0.1) is 11.3 Å². The largest absolute Gasteiger partial charge is 0.264 e. The van der Waals surface area contributed by atoms with Crippen molar-refractivity contribution in [2.45, 2.75) is 0 Å². The van der Waals surface area contributed by atoms with Crippen molar-refractivity contribution in [3.05, 3.63) is 194 Å². The second kappa shape index (κ2) is 13.5. The molecule has 0 bridgehead atoms. The smallest absolute Gasteiger partial charge is 0.165 e. The van der Waals surface area contributed by atoms with Crippen LogP contribution in [0.3, 0.4) is 0 Å². The molecule has 0 aliphatic carbocycles. The molecular weight excluding hydrogens is 737 g/mol. The Hall–Kier alpha value is -7.60. The second-order valence-electron chi connectivity index (χ2n) is 15.0. The molecule has 0 unspecified atom stereocenters. The van der Waals surface area contributed by atoms with E-state index in [4.69, 9.17) is 15.0 Å². The molecule has 3 aromatic heterocycles. The van der Waals surface area contributed by atoms with E-state index in [0.717, 1.165) is 43.6 Å². The Bertz CT molecular complexity index is 3610. The first-order valence-corrected chi connectivity index (χ1v) is 20.6. The van der Waals surface area contributed by atoms with Gasteiger partial charge in [-0.3, -0.25) is 4.98 Å². The third-order valence-electron chi connectivity index (χ3n) is 11.6. The van der Waals surface area contributed by atoms with Gasteiger partial charge in [-0.25, -0.2) is 15.0 Å². The van der Waals surface area contributed by atoms with E-state index in [1.165, 1.54) is 58.6 Å². The molecular formula is C54H32N4S. The van der Waals surface area contributed by atoms with E-state index in [-0.39, 0.29) is 0 Å². The Balaban J connectivity index is 1.15. The van der Waals surface area contributed by atoms with Gasteiger partial charge in [0.2, 0.25) is 0 Å². The van der Waals surface area contributed by atoms with Crippen molar-refractivity contribution in [1.29, 1.82) is 0 Å². The molecule has 0 aliphatic rings. The van der Waals surface area contributed by atoms with Crippen LogP contribution in [-0.4, -0.2) is 19.9 Å². The maximum Gasteiger partial charge on any atom is 0.165 e. The summed E-state index contributed by atoms with van der Waals surface area (Å²) in [5, 5.41) is 12.4. The second-order valence-corrected chi connectivity index (χ2v) is 16.0. The van der Waals surface area contributed by atoms with Crippen molar-refractivity contribution >= 4 is 74.6 Å². The summed E-state index contributed by atoms with van der Waals surface area (Å²) in [6.45, 7) is 0. The number of hydrogen-bond acceptors (Lipinski definition) is 5. The maximum atomic E-state index is 5.35. The van der Waals surface area contributed by atoms with E-state index in [2.05, 4.69) is 163 Å². The molecule has 0 atom stereocenters. The van der Waals surface area contributed by atoms with Gasteiger partial charge in [0.25, 0.3) is 0 Å². The molecule has 3 heterocycles. The number of thiophene rings is 1. The maximum absolute atomic E-state index is 5.35. The van der Waals surface area contributed by atoms with Crippen molar-refractivity contribution in [3.63, 3.8) is 0 Å². The van der Waals surface area contributed by atoms with Gasteiger partial charge in [-0.2, -0.15) is 0 Å². The van der Waals surface area contributed by atoms with Crippen LogP contribution in [0, 0.1) is 0 Å². The van der Waals surface area contributed by atoms with Gasteiger partial charge in [0.15, 0.2) is 17.5 Å². The predicted octanol–water partition coefficient (Wildman–Crippen LogP) is 14.6. The number of nitrogens with zero attached hydrogens (tertiary/aromatic N) is 4. The Morgan fingerprint density at radius 3 is 1.64 bits per heavy atom. The van der Waals surface area contributed by atoms with Crippen LogP contribution in [0.4, 0.5) is 0 Å². The third kappa shape index (κ3) is 5.51. The minimum absolute atomic E-state index is 0.612. The first kappa shape index (κ1) is 33.5. The molecule has 5 heteroatoms. The van der Waals surface area contributed by atoms with Crippen molar-refractivity contribution < 1.29 is 0 Å². The van der Waals surface area contributed by atoms with Crippen LogP contribution in [0.15, 0.2) is 194 Å². The summed E-state index contributed by atoms with van der Waals surface area (Å²) >= 11 is 1.78. The predicted molar refractivity (Wildman–Crippen MR) is 248 cm³/mol. The van der Waals surface area contributed by atoms with E-state index >= 15 is 0 Å². The van der Waals surface area contributed by atoms with Crippen LogP contribution < -0.4 is 0 Å². The number of fused-ring (bicyclic) bond motifs is 11. The third-order valence-corrected chi connectivity index (χ3v) is 12.8. The molecule has 274 valence electrons. The molecule has 12 aromatic rings. The lowest BCUT2D eigenvalue weighted by Crippen LogP contribution is -2.01. The van der Waals surface area contributed by atoms with Crippen LogP contribution in [0.1, 0.15) is 0 Å². The first-order valence-electron chi connectivity index (χ1n) is 19.8. The van der Waals surface area contributed by atoms with Crippen molar-refractivity contribution in [2.24, 2.45) is 0 Å². The summed E-state index contributed by atoms with van der Waals surface area (Å²) in [4.78, 5) is 20.3. The molecule has 0 N–H and O–H groups in total. The number of rotatable bonds is 5. The highest BCUT2D eigenvalue weighted by Gasteiger charge is 2.20. The molecule has 0 aliphatic heterocycles. The Kier molecular flexibility index (Phi) is 7.68. The lowest BCUT2D eigenvalue weighted by molar-refractivity contribution is 1.08. The highest BCUT2D eigenvalue weighted by atomic mass is 32.1. The average Bonchev–Trinajstić information content (AvgIpc) is 3.70. The molecule has 59 heavy (non-hydrogen) atoms. The van der Waals surface area contributed by atoms with Crippen LogP contribution in [-0.2, 0) is 0 Å². The highest BCUT2D eigenvalue weighted by Crippen LogP contribution is 2.45. The Morgan fingerprint density at radius 1 is 0.322 bits per heavy atom. The topological polar surface area (TPSA) is 51.6 Å². The summed E-state index contributed by atoms with van der Waals surface area (Å²) in [6, 6.07) is 64.9. The van der Waals surface area contributed by atoms with E-state index in [0.29, 0.717) is 17.5 Å². The fourth-order valence-electron chi connectivity index (χ4n) is 8.88. The number of aromatic nitrogens is 4. The zero-order chi connectivity index (χ0) is 38.9. The van der Waals surface area contributed by atoms with Gasteiger partial charge in [0.05, 0.1) is 0 Å². The summed E-state index contributed by atoms with van der Waals surface area (Å²) < 4.78 is 2.40. The zero-order valence-electron chi connectivity index (χ0n) is 31.7. The Morgan fingerprint density at radius 2 is 0.881 bits per heavy atom. The summed E-state index contributed by atoms with van der Waals surface area (Å²) in [6.07, 6.45) is 3.75. The van der Waals surface area contributed by atoms with Crippen molar-refractivity contribution in [3.8, 4) is 56.4 Å². The monoisotopic (exact) mass is 768 g/mol. The van der Waals surface area contributed by atoms with Gasteiger partial charge >= 0.3 is 0 Å². The van der Waals surface area contributed by atoms with Gasteiger partial charge in [-0.05, 0) is 102 Å². The Labute approximate surface area is 343 Å². The van der Waals surface area contributed by atoms with Crippen LogP contribution in [0.2, 0.25) is 0 Å². The van der Waals surface area contributed by atoms with Gasteiger partial charge in [0.1, 0.15) is 0 Å². The molecule has 0 saturated carbocycles. The normalized spacial score (nSPS) is 11.7. The molecule has 0 fully saturated rings. The van der Waals surface area contributed by atoms with Gasteiger partial charge < -0.3 is 0 Å². The fourth-order valence-corrected chi connectivity index (χ4v) is 10.1. The minimum Gasteiger partial charge on any atom is -0.264 e. The number of pyridine rings is 1. The van der Waals surface area contributed by atoms with Crippen LogP contribution in [0.25, 0.3) is 120 Å². The SMILES string of the molecule is c1ccc(-c2nc(-c3cc(-c4cccnc4)cc(-c4cc5c6ccccc6c6ccccc6c5c5ccccc45)c3)nc(-c3cccc4c3sc3ccccc34)n2)cc1. The van der Waals surface area contributed by atoms with Crippen molar-refractivity contribution in [2.75, 3.05) is 0 Å². The number of hydrogen-bond donors (Lipinski definition) is 0. The molecule has 4 nitrogen and oxygen atoms in total. The van der Waals surface area contributed by atoms with Crippen molar-refractivity contribution in [1.82, 2.24) is 19.9 Å². The zero-order valence-corrected chi connectivity index (χ0v) is 32.5. The quantitative estimate of drug-likeness (QED) is 0.164. The van der Waals surface area contributed by atoms with Crippen LogP contribution >= 0.6 is 11.3 Å². The number of benzene rings is 9. The highest BCUT2D eigenvalue weighted by molar-refractivity contribution is 7.26. The molecule has 9 aromatic carbocycles. The fraction of sp³-hybridized carbons (Fsp3) is 0. The molecule has 12 rings (SSSR count). The summed E-state index contributed by atoms with van der Waals surface area (Å²) in [7, 11) is 0. The average molecular weight is 769 g/mol. The van der Waals surface area contributed by atoms with Gasteiger partial charge in [0, 0.05) is 54.8 Å². The van der Waals surface area contributed by atoms with Crippen LogP contribution in [0.5, 0.6) is 0 Å². The van der Waals surface area contributed by atoms with E-state index in [1.54, 1.807) is 11.3 Å². The van der Waals surface area contributed by atoms with E-state index < -0.39 is 0 Å². The summed E-state index contributed by atoms with van der Waals surface area (Å²) in [5.74, 6) is 1.89. The standard InChI is InChI=1S/C54H32N4S/c1-2-14-33(15-3-1)52-56-53(58-54(57-52)46-25-12-24-45-42-21-10-11-26-49(42)59-51(45)46)37-29-35(34-16-13-27-55-32-34)28-36(30-37)47-31-48-40-19-5-4-17-38(40)39-18-6-8-22-43(39)50(48)44-23-9-7-20-41(44)47/h1-32H. The minimum atomic E-state index is 0.612. The van der Waals surface area contributed by atoms with E-state index in [9.17, 15) is 0 Å². The lowest BCUT2D eigenvalue weighted by Gasteiger charge is -2.17. The van der Waals surface area contributed by atoms with E-state index in [1.807, 2.05) is 36.7 Å². The molecule has 0 amide bonds. The molecule has 0 radical (unpaired) electrons. The lowest BCUT2D eigenvalue weighted by atomic mass is 9.86. The van der Waals surface area contributed by atoms with Gasteiger partial charge in [-0.1, -0.05) is 140 Å². The molecule has 0 saturated heterocycles.